The number of rotatable bonds is 8. The van der Waals surface area contributed by atoms with Crippen LogP contribution >= 0.6 is 0 Å². The summed E-state index contributed by atoms with van der Waals surface area (Å²) in [5.74, 6) is 0.0785. The van der Waals surface area contributed by atoms with E-state index >= 15 is 0 Å². The van der Waals surface area contributed by atoms with E-state index < -0.39 is 11.9 Å². The monoisotopic (exact) mass is 460 g/mol. The average Bonchev–Trinajstić information content (AvgIpc) is 3.41. The van der Waals surface area contributed by atoms with Gasteiger partial charge in [-0.25, -0.2) is 14.4 Å². The molecule has 3 heterocycles. The number of nitrogens with zero attached hydrogens (tertiary/aromatic N) is 6. The number of fused-ring (bicyclic) bond motifs is 3. The maximum absolute atomic E-state index is 13.9. The first-order valence-corrected chi connectivity index (χ1v) is 10.9. The molecule has 0 aliphatic rings. The second-order valence-electron chi connectivity index (χ2n) is 8.08. The zero-order chi connectivity index (χ0) is 24.4. The molecule has 0 spiro atoms. The van der Waals surface area contributed by atoms with Gasteiger partial charge in [0.2, 0.25) is 0 Å². The predicted molar refractivity (Wildman–Crippen MR) is 127 cm³/mol. The topological polar surface area (TPSA) is 128 Å². The van der Waals surface area contributed by atoms with Crippen LogP contribution in [0.1, 0.15) is 18.9 Å². The van der Waals surface area contributed by atoms with E-state index in [4.69, 9.17) is 4.98 Å². The van der Waals surface area contributed by atoms with Gasteiger partial charge in [-0.2, -0.15) is 10.5 Å². The summed E-state index contributed by atoms with van der Waals surface area (Å²) in [6.45, 7) is 2.03. The Hall–Kier alpha value is -3.99. The Labute approximate surface area is 196 Å². The van der Waals surface area contributed by atoms with Crippen LogP contribution in [0.4, 0.5) is 10.2 Å². The first-order chi connectivity index (χ1) is 16.4. The molecule has 0 amide bonds. The highest BCUT2D eigenvalue weighted by Gasteiger charge is 2.23. The minimum atomic E-state index is -0.639. The van der Waals surface area contributed by atoms with Crippen molar-refractivity contribution in [3.63, 3.8) is 0 Å². The van der Waals surface area contributed by atoms with Crippen LogP contribution in [0.3, 0.4) is 0 Å². The third-order valence-electron chi connectivity index (χ3n) is 5.99. The standard InChI is InChI=1S/C24H25FN8O/c1-4-16(12-34)30-17(10-27)11-33-20(18-6-5-15(25)7-14(18)9-26)8-19-22-21(29-13-32(22)3)23(28-2)31-24(19)33/h5-8,13,16-17,30,34H,4,11-12H2,1-3H3,(H,28,31)/t16-,17?/m0/s1. The summed E-state index contributed by atoms with van der Waals surface area (Å²) >= 11 is 0. The van der Waals surface area contributed by atoms with Crippen LogP contribution in [0, 0.1) is 28.5 Å². The van der Waals surface area contributed by atoms with E-state index in [1.807, 2.05) is 29.2 Å². The largest absolute Gasteiger partial charge is 0.395 e. The lowest BCUT2D eigenvalue weighted by Gasteiger charge is -2.21. The summed E-state index contributed by atoms with van der Waals surface area (Å²) in [7, 11) is 3.65. The lowest BCUT2D eigenvalue weighted by molar-refractivity contribution is 0.231. The molecule has 1 aromatic carbocycles. The quantitative estimate of drug-likeness (QED) is 0.369. The molecule has 0 fully saturated rings. The molecule has 3 aromatic heterocycles. The summed E-state index contributed by atoms with van der Waals surface area (Å²) < 4.78 is 17.6. The van der Waals surface area contributed by atoms with Gasteiger partial charge in [-0.15, -0.1) is 0 Å². The molecule has 0 bridgehead atoms. The number of hydrogen-bond acceptors (Lipinski definition) is 7. The third kappa shape index (κ3) is 3.94. The van der Waals surface area contributed by atoms with Gasteiger partial charge in [0.1, 0.15) is 23.0 Å². The van der Waals surface area contributed by atoms with Gasteiger partial charge in [0.25, 0.3) is 0 Å². The molecule has 0 saturated heterocycles. The number of nitriles is 2. The van der Waals surface area contributed by atoms with E-state index in [0.717, 1.165) is 10.9 Å². The van der Waals surface area contributed by atoms with E-state index in [1.54, 1.807) is 19.4 Å². The molecule has 0 aliphatic heterocycles. The number of pyridine rings is 1. The highest BCUT2D eigenvalue weighted by molar-refractivity contribution is 6.08. The van der Waals surface area contributed by atoms with Gasteiger partial charge in [-0.05, 0) is 30.7 Å². The number of aryl methyl sites for hydroxylation is 1. The van der Waals surface area contributed by atoms with Crippen LogP contribution in [0.25, 0.3) is 33.3 Å². The minimum Gasteiger partial charge on any atom is -0.395 e. The number of imidazole rings is 1. The van der Waals surface area contributed by atoms with Crippen LogP contribution in [0.2, 0.25) is 0 Å². The first kappa shape index (κ1) is 23.2. The molecule has 0 aliphatic carbocycles. The summed E-state index contributed by atoms with van der Waals surface area (Å²) in [6, 6.07) is 9.43. The minimum absolute atomic E-state index is 0.0949. The van der Waals surface area contributed by atoms with Crippen molar-refractivity contribution in [2.75, 3.05) is 19.0 Å². The number of aromatic nitrogens is 4. The molecule has 9 nitrogen and oxygen atoms in total. The molecule has 0 saturated carbocycles. The highest BCUT2D eigenvalue weighted by Crippen LogP contribution is 2.35. The smallest absolute Gasteiger partial charge is 0.156 e. The first-order valence-electron chi connectivity index (χ1n) is 10.9. The molecule has 3 N–H and O–H groups in total. The highest BCUT2D eigenvalue weighted by atomic mass is 19.1. The fourth-order valence-corrected chi connectivity index (χ4v) is 4.23. The molecule has 1 unspecified atom stereocenters. The molecule has 174 valence electrons. The van der Waals surface area contributed by atoms with Gasteiger partial charge in [0.15, 0.2) is 5.82 Å². The van der Waals surface area contributed by atoms with Gasteiger partial charge in [0, 0.05) is 31.1 Å². The van der Waals surface area contributed by atoms with Crippen molar-refractivity contribution in [1.82, 2.24) is 24.4 Å². The fraction of sp³-hybridized carbons (Fsp3) is 0.333. The molecular weight excluding hydrogens is 435 g/mol. The molecule has 10 heteroatoms. The molecule has 0 radical (unpaired) electrons. The van der Waals surface area contributed by atoms with E-state index in [-0.39, 0.29) is 24.8 Å². The maximum Gasteiger partial charge on any atom is 0.156 e. The summed E-state index contributed by atoms with van der Waals surface area (Å²) in [5.41, 5.74) is 3.49. The Bertz CT molecular complexity index is 1440. The van der Waals surface area contributed by atoms with Crippen molar-refractivity contribution in [2.45, 2.75) is 32.0 Å². The van der Waals surface area contributed by atoms with Crippen LogP contribution in [-0.4, -0.2) is 49.9 Å². The second-order valence-corrected chi connectivity index (χ2v) is 8.08. The summed E-state index contributed by atoms with van der Waals surface area (Å²) in [5, 5.41) is 36.2. The Morgan fingerprint density at radius 3 is 2.71 bits per heavy atom. The number of nitrogens with one attached hydrogen (secondary N) is 2. The zero-order valence-corrected chi connectivity index (χ0v) is 19.2. The lowest BCUT2D eigenvalue weighted by Crippen LogP contribution is -2.41. The molecule has 34 heavy (non-hydrogen) atoms. The molecule has 4 rings (SSSR count). The second kappa shape index (κ2) is 9.48. The van der Waals surface area contributed by atoms with Crippen LogP contribution in [-0.2, 0) is 13.6 Å². The van der Waals surface area contributed by atoms with Crippen molar-refractivity contribution >= 4 is 27.9 Å². The maximum atomic E-state index is 13.9. The van der Waals surface area contributed by atoms with Crippen molar-refractivity contribution in [3.05, 3.63) is 42.0 Å². The lowest BCUT2D eigenvalue weighted by atomic mass is 10.0. The number of hydrogen-bond donors (Lipinski definition) is 3. The Balaban J connectivity index is 2.01. The Morgan fingerprint density at radius 2 is 2.06 bits per heavy atom. The average molecular weight is 461 g/mol. The predicted octanol–water partition coefficient (Wildman–Crippen LogP) is 2.90. The number of aliphatic hydroxyl groups is 1. The van der Waals surface area contributed by atoms with Crippen molar-refractivity contribution < 1.29 is 9.50 Å². The molecular formula is C24H25FN8O. The molecule has 4 aromatic rings. The van der Waals surface area contributed by atoms with E-state index in [9.17, 15) is 20.0 Å². The van der Waals surface area contributed by atoms with Crippen molar-refractivity contribution in [2.24, 2.45) is 7.05 Å². The number of aliphatic hydroxyl groups excluding tert-OH is 1. The number of halogens is 1. The van der Waals surface area contributed by atoms with E-state index in [2.05, 4.69) is 27.8 Å². The number of anilines is 1. The number of benzene rings is 1. The van der Waals surface area contributed by atoms with Gasteiger partial charge in [-0.1, -0.05) is 6.92 Å². The Morgan fingerprint density at radius 1 is 1.26 bits per heavy atom. The van der Waals surface area contributed by atoms with E-state index in [0.29, 0.717) is 34.7 Å². The normalized spacial score (nSPS) is 13.0. The third-order valence-corrected chi connectivity index (χ3v) is 5.99. The SMILES string of the molecule is CC[C@@H](CO)NC(C#N)Cn1c(-c2ccc(F)cc2C#N)cc2c3c(ncn3C)c(NC)nc21. The van der Waals surface area contributed by atoms with Gasteiger partial charge in [-0.3, -0.25) is 5.32 Å². The van der Waals surface area contributed by atoms with Gasteiger partial charge in [0.05, 0.1) is 48.4 Å². The van der Waals surface area contributed by atoms with Crippen molar-refractivity contribution in [1.29, 1.82) is 10.5 Å². The fourth-order valence-electron chi connectivity index (χ4n) is 4.23. The van der Waals surface area contributed by atoms with Crippen LogP contribution < -0.4 is 10.6 Å². The van der Waals surface area contributed by atoms with Gasteiger partial charge < -0.3 is 19.6 Å². The summed E-state index contributed by atoms with van der Waals surface area (Å²) in [6.07, 6.45) is 2.36. The van der Waals surface area contributed by atoms with E-state index in [1.165, 1.54) is 12.1 Å². The van der Waals surface area contributed by atoms with Gasteiger partial charge >= 0.3 is 0 Å². The van der Waals surface area contributed by atoms with Crippen LogP contribution in [0.15, 0.2) is 30.6 Å². The molecule has 2 atom stereocenters. The zero-order valence-electron chi connectivity index (χ0n) is 19.2. The summed E-state index contributed by atoms with van der Waals surface area (Å²) in [4.78, 5) is 9.26. The Kier molecular flexibility index (Phi) is 6.46. The van der Waals surface area contributed by atoms with Crippen LogP contribution in [0.5, 0.6) is 0 Å². The van der Waals surface area contributed by atoms with Crippen molar-refractivity contribution in [3.8, 4) is 23.4 Å².